The molecule has 5 heteroatoms. The van der Waals surface area contributed by atoms with Crippen LogP contribution in [0.2, 0.25) is 0 Å². The van der Waals surface area contributed by atoms with Gasteiger partial charge in [0, 0.05) is 24.8 Å². The maximum Gasteiger partial charge on any atom is 0.138 e. The van der Waals surface area contributed by atoms with Crippen LogP contribution in [0, 0.1) is 0 Å². The predicted octanol–water partition coefficient (Wildman–Crippen LogP) is 4.30. The molecule has 0 radical (unpaired) electrons. The van der Waals surface area contributed by atoms with Gasteiger partial charge >= 0.3 is 0 Å². The Hall–Kier alpha value is -3.08. The summed E-state index contributed by atoms with van der Waals surface area (Å²) in [6.45, 7) is 3.76. The molecule has 1 aromatic heterocycles. The van der Waals surface area contributed by atoms with Gasteiger partial charge in [0.1, 0.15) is 23.7 Å². The molecule has 2 aromatic carbocycles. The number of para-hydroxylation sites is 1. The van der Waals surface area contributed by atoms with E-state index in [4.69, 9.17) is 4.74 Å². The molecule has 0 amide bonds. The summed E-state index contributed by atoms with van der Waals surface area (Å²) in [5.74, 6) is 2.60. The Morgan fingerprint density at radius 3 is 2.46 bits per heavy atom. The number of methoxy groups -OCH3 is 1. The third-order valence-corrected chi connectivity index (χ3v) is 4.19. The van der Waals surface area contributed by atoms with Crippen LogP contribution in [0.5, 0.6) is 5.75 Å². The number of rotatable bonds is 8. The number of aromatic nitrogens is 2. The van der Waals surface area contributed by atoms with Gasteiger partial charge in [0.25, 0.3) is 0 Å². The Labute approximate surface area is 154 Å². The van der Waals surface area contributed by atoms with Crippen LogP contribution in [0.25, 0.3) is 0 Å². The Bertz CT molecular complexity index is 806. The topological polar surface area (TPSA) is 50.3 Å². The van der Waals surface area contributed by atoms with Crippen molar-refractivity contribution in [2.75, 3.05) is 30.4 Å². The van der Waals surface area contributed by atoms with Gasteiger partial charge in [-0.2, -0.15) is 0 Å². The summed E-state index contributed by atoms with van der Waals surface area (Å²) in [4.78, 5) is 10.9. The van der Waals surface area contributed by atoms with E-state index in [0.29, 0.717) is 0 Å². The minimum absolute atomic E-state index is 0.806. The lowest BCUT2D eigenvalue weighted by atomic mass is 10.1. The molecular formula is C21H24N4O. The van der Waals surface area contributed by atoms with Gasteiger partial charge in [0.15, 0.2) is 0 Å². The zero-order chi connectivity index (χ0) is 18.2. The maximum absolute atomic E-state index is 5.19. The van der Waals surface area contributed by atoms with E-state index in [9.17, 15) is 0 Å². The molecule has 5 nitrogen and oxygen atoms in total. The van der Waals surface area contributed by atoms with Gasteiger partial charge in [-0.25, -0.2) is 9.97 Å². The third kappa shape index (κ3) is 4.51. The van der Waals surface area contributed by atoms with Crippen molar-refractivity contribution in [2.24, 2.45) is 0 Å². The summed E-state index contributed by atoms with van der Waals surface area (Å²) in [5, 5.41) is 3.38. The molecule has 0 aliphatic carbocycles. The zero-order valence-corrected chi connectivity index (χ0v) is 15.2. The highest BCUT2D eigenvalue weighted by atomic mass is 16.5. The van der Waals surface area contributed by atoms with Gasteiger partial charge in [0.2, 0.25) is 0 Å². The third-order valence-electron chi connectivity index (χ3n) is 4.19. The highest BCUT2D eigenvalue weighted by Gasteiger charge is 2.09. The van der Waals surface area contributed by atoms with Crippen molar-refractivity contribution in [1.29, 1.82) is 0 Å². The first-order chi connectivity index (χ1) is 12.8. The fourth-order valence-corrected chi connectivity index (χ4v) is 2.80. The van der Waals surface area contributed by atoms with Crippen LogP contribution >= 0.6 is 0 Å². The van der Waals surface area contributed by atoms with Crippen LogP contribution in [0.3, 0.4) is 0 Å². The molecule has 134 valence electrons. The average Bonchev–Trinajstić information content (AvgIpc) is 2.70. The molecule has 3 rings (SSSR count). The average molecular weight is 348 g/mol. The summed E-state index contributed by atoms with van der Waals surface area (Å²) in [6.07, 6.45) is 2.52. The van der Waals surface area contributed by atoms with Gasteiger partial charge in [-0.05, 0) is 43.2 Å². The van der Waals surface area contributed by atoms with E-state index in [1.807, 2.05) is 36.4 Å². The Morgan fingerprint density at radius 2 is 1.77 bits per heavy atom. The highest BCUT2D eigenvalue weighted by Crippen LogP contribution is 2.24. The van der Waals surface area contributed by atoms with E-state index in [1.165, 1.54) is 5.56 Å². The molecule has 26 heavy (non-hydrogen) atoms. The molecule has 1 N–H and O–H groups in total. The number of anilines is 3. The van der Waals surface area contributed by atoms with Gasteiger partial charge in [0.05, 0.1) is 7.11 Å². The molecule has 0 spiro atoms. The molecule has 0 fully saturated rings. The SMILES string of the molecule is CCN(c1ccccc1)c1cc(NCCc2ccc(OC)cc2)ncn1. The Kier molecular flexibility index (Phi) is 6.04. The molecule has 3 aromatic rings. The summed E-state index contributed by atoms with van der Waals surface area (Å²) >= 11 is 0. The first-order valence-corrected chi connectivity index (χ1v) is 8.81. The number of hydrogen-bond donors (Lipinski definition) is 1. The van der Waals surface area contributed by atoms with E-state index < -0.39 is 0 Å². The number of benzene rings is 2. The van der Waals surface area contributed by atoms with Crippen LogP contribution in [-0.4, -0.2) is 30.2 Å². The molecule has 0 bridgehead atoms. The van der Waals surface area contributed by atoms with Crippen LogP contribution in [0.4, 0.5) is 17.3 Å². The molecule has 1 heterocycles. The van der Waals surface area contributed by atoms with E-state index >= 15 is 0 Å². The second-order valence-corrected chi connectivity index (χ2v) is 5.87. The lowest BCUT2D eigenvalue weighted by molar-refractivity contribution is 0.414. The summed E-state index contributed by atoms with van der Waals surface area (Å²) < 4.78 is 5.19. The van der Waals surface area contributed by atoms with E-state index in [-0.39, 0.29) is 0 Å². The van der Waals surface area contributed by atoms with Crippen LogP contribution < -0.4 is 15.0 Å². The van der Waals surface area contributed by atoms with Crippen LogP contribution in [0.15, 0.2) is 67.0 Å². The fourth-order valence-electron chi connectivity index (χ4n) is 2.80. The van der Waals surface area contributed by atoms with Crippen molar-refractivity contribution in [2.45, 2.75) is 13.3 Å². The predicted molar refractivity (Wildman–Crippen MR) is 106 cm³/mol. The second kappa shape index (κ2) is 8.85. The molecule has 0 atom stereocenters. The number of nitrogens with zero attached hydrogens (tertiary/aromatic N) is 3. The molecule has 0 aliphatic heterocycles. The molecule has 0 saturated heterocycles. The van der Waals surface area contributed by atoms with Gasteiger partial charge in [-0.1, -0.05) is 30.3 Å². The van der Waals surface area contributed by atoms with Gasteiger partial charge < -0.3 is 15.0 Å². The minimum atomic E-state index is 0.806. The highest BCUT2D eigenvalue weighted by molar-refractivity contribution is 5.61. The minimum Gasteiger partial charge on any atom is -0.497 e. The monoisotopic (exact) mass is 348 g/mol. The van der Waals surface area contributed by atoms with Crippen molar-refractivity contribution >= 4 is 17.3 Å². The Morgan fingerprint density at radius 1 is 1.00 bits per heavy atom. The number of nitrogens with one attached hydrogen (secondary N) is 1. The van der Waals surface area contributed by atoms with Crippen molar-refractivity contribution < 1.29 is 4.74 Å². The van der Waals surface area contributed by atoms with Gasteiger partial charge in [-0.15, -0.1) is 0 Å². The quantitative estimate of drug-likeness (QED) is 0.658. The van der Waals surface area contributed by atoms with E-state index in [2.05, 4.69) is 51.4 Å². The zero-order valence-electron chi connectivity index (χ0n) is 15.2. The smallest absolute Gasteiger partial charge is 0.138 e. The normalized spacial score (nSPS) is 10.4. The molecule has 0 unspecified atom stereocenters. The molecular weight excluding hydrogens is 324 g/mol. The lowest BCUT2D eigenvalue weighted by Crippen LogP contribution is -2.18. The summed E-state index contributed by atoms with van der Waals surface area (Å²) in [6, 6.07) is 20.4. The van der Waals surface area contributed by atoms with Crippen molar-refractivity contribution in [1.82, 2.24) is 9.97 Å². The van der Waals surface area contributed by atoms with Crippen LogP contribution in [-0.2, 0) is 6.42 Å². The largest absolute Gasteiger partial charge is 0.497 e. The van der Waals surface area contributed by atoms with Crippen molar-refractivity contribution in [3.05, 3.63) is 72.6 Å². The van der Waals surface area contributed by atoms with Crippen LogP contribution in [0.1, 0.15) is 12.5 Å². The first-order valence-electron chi connectivity index (χ1n) is 8.81. The first kappa shape index (κ1) is 17.7. The molecule has 0 aliphatic rings. The lowest BCUT2D eigenvalue weighted by Gasteiger charge is -2.22. The summed E-state index contributed by atoms with van der Waals surface area (Å²) in [5.41, 5.74) is 2.38. The second-order valence-electron chi connectivity index (χ2n) is 5.87. The van der Waals surface area contributed by atoms with E-state index in [0.717, 1.165) is 42.6 Å². The number of hydrogen-bond acceptors (Lipinski definition) is 5. The van der Waals surface area contributed by atoms with Gasteiger partial charge in [-0.3, -0.25) is 0 Å². The maximum atomic E-state index is 5.19. The van der Waals surface area contributed by atoms with Crippen molar-refractivity contribution in [3.63, 3.8) is 0 Å². The Balaban J connectivity index is 1.63. The van der Waals surface area contributed by atoms with E-state index in [1.54, 1.807) is 13.4 Å². The summed E-state index contributed by atoms with van der Waals surface area (Å²) in [7, 11) is 1.68. The van der Waals surface area contributed by atoms with Crippen molar-refractivity contribution in [3.8, 4) is 5.75 Å². The molecule has 0 saturated carbocycles. The number of ether oxygens (including phenoxy) is 1. The fraction of sp³-hybridized carbons (Fsp3) is 0.238. The standard InChI is InChI=1S/C21H24N4O/c1-3-25(18-7-5-4-6-8-18)21-15-20(23-16-24-21)22-14-13-17-9-11-19(26-2)12-10-17/h4-12,15-16H,3,13-14H2,1-2H3,(H,22,23,24).